The van der Waals surface area contributed by atoms with Crippen LogP contribution in [-0.2, 0) is 4.79 Å². The second kappa shape index (κ2) is 8.62. The summed E-state index contributed by atoms with van der Waals surface area (Å²) in [5.41, 5.74) is 0.874. The van der Waals surface area contributed by atoms with E-state index in [1.165, 1.54) is 12.8 Å². The van der Waals surface area contributed by atoms with E-state index in [4.69, 9.17) is 0 Å². The first kappa shape index (κ1) is 18.2. The van der Waals surface area contributed by atoms with Crippen molar-refractivity contribution in [3.63, 3.8) is 0 Å². The number of pyridine rings is 1. The lowest BCUT2D eigenvalue weighted by atomic mass is 9.93. The van der Waals surface area contributed by atoms with Crippen LogP contribution in [0.1, 0.15) is 25.7 Å². The van der Waals surface area contributed by atoms with E-state index in [1.54, 1.807) is 0 Å². The van der Waals surface area contributed by atoms with Crippen LogP contribution in [0.25, 0.3) is 10.9 Å². The predicted octanol–water partition coefficient (Wildman–Crippen LogP) is 4.14. The van der Waals surface area contributed by atoms with E-state index in [0.717, 1.165) is 34.9 Å². The summed E-state index contributed by atoms with van der Waals surface area (Å²) in [6.45, 7) is 2.15. The van der Waals surface area contributed by atoms with Crippen LogP contribution < -0.4 is 10.6 Å². The predicted molar refractivity (Wildman–Crippen MR) is 100 cm³/mol. The summed E-state index contributed by atoms with van der Waals surface area (Å²) < 4.78 is 0.941. The second-order valence-electron chi connectivity index (χ2n) is 5.79. The molecule has 1 aromatic carbocycles. The fraction of sp³-hybridized carbons (Fsp3) is 0.412. The van der Waals surface area contributed by atoms with Crippen molar-refractivity contribution >= 4 is 51.0 Å². The zero-order valence-corrected chi connectivity index (χ0v) is 15.3. The van der Waals surface area contributed by atoms with Gasteiger partial charge in [0.25, 0.3) is 0 Å². The molecule has 0 unspecified atom stereocenters. The van der Waals surface area contributed by atoms with E-state index < -0.39 is 0 Å². The van der Waals surface area contributed by atoms with Crippen LogP contribution in [0.15, 0.2) is 34.8 Å². The number of hydrogen-bond donors (Lipinski definition) is 2. The van der Waals surface area contributed by atoms with Crippen molar-refractivity contribution in [3.05, 3.63) is 34.8 Å². The van der Waals surface area contributed by atoms with Crippen molar-refractivity contribution in [3.8, 4) is 0 Å². The van der Waals surface area contributed by atoms with Crippen molar-refractivity contribution in [2.24, 2.45) is 5.92 Å². The van der Waals surface area contributed by atoms with Crippen molar-refractivity contribution in [2.45, 2.75) is 25.7 Å². The lowest BCUT2D eigenvalue weighted by Crippen LogP contribution is -2.28. The fourth-order valence-electron chi connectivity index (χ4n) is 2.89. The van der Waals surface area contributed by atoms with Gasteiger partial charge in [0.2, 0.25) is 5.91 Å². The molecule has 0 atom stereocenters. The van der Waals surface area contributed by atoms with Crippen LogP contribution in [0.5, 0.6) is 0 Å². The molecule has 2 N–H and O–H groups in total. The van der Waals surface area contributed by atoms with E-state index >= 15 is 0 Å². The molecule has 0 saturated carbocycles. The van der Waals surface area contributed by atoms with Gasteiger partial charge < -0.3 is 10.6 Å². The van der Waals surface area contributed by atoms with Crippen molar-refractivity contribution in [1.29, 1.82) is 0 Å². The maximum atomic E-state index is 12.1. The van der Waals surface area contributed by atoms with Crippen LogP contribution >= 0.6 is 28.3 Å². The van der Waals surface area contributed by atoms with Gasteiger partial charge in [-0.2, -0.15) is 0 Å². The molecule has 1 aliphatic rings. The van der Waals surface area contributed by atoms with Crippen LogP contribution in [0, 0.1) is 5.92 Å². The van der Waals surface area contributed by atoms with Gasteiger partial charge in [-0.3, -0.25) is 4.79 Å². The molecule has 1 aromatic heterocycles. The Balaban J connectivity index is 0.00000192. The third kappa shape index (κ3) is 4.90. The molecule has 0 spiro atoms. The monoisotopic (exact) mass is 397 g/mol. The van der Waals surface area contributed by atoms with Crippen LogP contribution in [-0.4, -0.2) is 24.0 Å². The number of carbonyl (C=O) groups is 1. The van der Waals surface area contributed by atoms with Crippen LogP contribution in [0.3, 0.4) is 0 Å². The highest BCUT2D eigenvalue weighted by atomic mass is 79.9. The second-order valence-corrected chi connectivity index (χ2v) is 6.64. The Hall–Kier alpha value is -1.17. The number of amides is 1. The summed E-state index contributed by atoms with van der Waals surface area (Å²) in [7, 11) is 0. The summed E-state index contributed by atoms with van der Waals surface area (Å²) in [5, 5.41) is 7.32. The topological polar surface area (TPSA) is 54.0 Å². The third-order valence-corrected chi connectivity index (χ3v) is 4.82. The van der Waals surface area contributed by atoms with E-state index in [2.05, 4.69) is 31.5 Å². The standard InChI is InChI=1S/C17H20BrN3O.ClH/c18-14-3-1-2-13-5-6-15(21-17(13)14)20-16(22)7-4-12-8-10-19-11-9-12;/h1-3,5-6,12,19H,4,7-11H2,(H,20,21,22);1H. The van der Waals surface area contributed by atoms with E-state index in [1.807, 2.05) is 30.3 Å². The smallest absolute Gasteiger partial charge is 0.225 e. The Morgan fingerprint density at radius 3 is 2.83 bits per heavy atom. The molecule has 0 radical (unpaired) electrons. The minimum absolute atomic E-state index is 0. The normalized spacial score (nSPS) is 15.2. The Morgan fingerprint density at radius 2 is 2.04 bits per heavy atom. The maximum absolute atomic E-state index is 12.1. The van der Waals surface area contributed by atoms with Gasteiger partial charge in [0.05, 0.1) is 5.52 Å². The largest absolute Gasteiger partial charge is 0.317 e. The number of carbonyl (C=O) groups excluding carboxylic acids is 1. The molecule has 6 heteroatoms. The van der Waals surface area contributed by atoms with Crippen LogP contribution in [0.2, 0.25) is 0 Å². The number of nitrogens with one attached hydrogen (secondary N) is 2. The Kier molecular flexibility index (Phi) is 6.81. The molecule has 2 heterocycles. The lowest BCUT2D eigenvalue weighted by Gasteiger charge is -2.22. The molecule has 1 fully saturated rings. The van der Waals surface area contributed by atoms with Gasteiger partial charge in [-0.15, -0.1) is 12.4 Å². The highest BCUT2D eigenvalue weighted by Gasteiger charge is 2.14. The number of halogens is 2. The maximum Gasteiger partial charge on any atom is 0.225 e. The number of nitrogens with zero attached hydrogens (tertiary/aromatic N) is 1. The molecule has 1 amide bonds. The first-order chi connectivity index (χ1) is 10.7. The number of anilines is 1. The molecule has 3 rings (SSSR count). The minimum atomic E-state index is 0. The van der Waals surface area contributed by atoms with Gasteiger partial charge in [0, 0.05) is 16.3 Å². The first-order valence-corrected chi connectivity index (χ1v) is 8.57. The molecule has 0 aliphatic carbocycles. The number of aromatic nitrogens is 1. The molecule has 1 saturated heterocycles. The van der Waals surface area contributed by atoms with Gasteiger partial charge in [-0.1, -0.05) is 12.1 Å². The van der Waals surface area contributed by atoms with Crippen molar-refractivity contribution < 1.29 is 4.79 Å². The highest BCUT2D eigenvalue weighted by Crippen LogP contribution is 2.24. The summed E-state index contributed by atoms with van der Waals surface area (Å²) in [6, 6.07) is 9.78. The molecular formula is C17H21BrClN3O. The number of para-hydroxylation sites is 1. The lowest BCUT2D eigenvalue weighted by molar-refractivity contribution is -0.116. The van der Waals surface area contributed by atoms with Gasteiger partial charge in [0.1, 0.15) is 5.82 Å². The van der Waals surface area contributed by atoms with Gasteiger partial charge in [0.15, 0.2) is 0 Å². The molecule has 0 bridgehead atoms. The average molecular weight is 399 g/mol. The summed E-state index contributed by atoms with van der Waals surface area (Å²) in [5.74, 6) is 1.35. The van der Waals surface area contributed by atoms with Gasteiger partial charge >= 0.3 is 0 Å². The number of piperidine rings is 1. The number of fused-ring (bicyclic) bond motifs is 1. The molecule has 2 aromatic rings. The summed E-state index contributed by atoms with van der Waals surface area (Å²) in [6.07, 6.45) is 3.88. The molecule has 1 aliphatic heterocycles. The third-order valence-electron chi connectivity index (χ3n) is 4.18. The first-order valence-electron chi connectivity index (χ1n) is 7.78. The fourth-order valence-corrected chi connectivity index (χ4v) is 3.36. The van der Waals surface area contributed by atoms with Gasteiger partial charge in [-0.05, 0) is 72.4 Å². The molecule has 23 heavy (non-hydrogen) atoms. The van der Waals surface area contributed by atoms with Crippen molar-refractivity contribution in [2.75, 3.05) is 18.4 Å². The SMILES string of the molecule is Cl.O=C(CCC1CCNCC1)Nc1ccc2cccc(Br)c2n1. The van der Waals surface area contributed by atoms with E-state index in [9.17, 15) is 4.79 Å². The van der Waals surface area contributed by atoms with E-state index in [-0.39, 0.29) is 18.3 Å². The molecule has 124 valence electrons. The number of hydrogen-bond acceptors (Lipinski definition) is 3. The minimum Gasteiger partial charge on any atom is -0.317 e. The number of benzene rings is 1. The quantitative estimate of drug-likeness (QED) is 0.814. The Morgan fingerprint density at radius 1 is 1.26 bits per heavy atom. The highest BCUT2D eigenvalue weighted by molar-refractivity contribution is 9.10. The summed E-state index contributed by atoms with van der Waals surface area (Å²) >= 11 is 3.50. The zero-order chi connectivity index (χ0) is 15.4. The van der Waals surface area contributed by atoms with Crippen molar-refractivity contribution in [1.82, 2.24) is 10.3 Å². The number of rotatable bonds is 4. The van der Waals surface area contributed by atoms with Crippen LogP contribution in [0.4, 0.5) is 5.82 Å². The molecular weight excluding hydrogens is 378 g/mol. The zero-order valence-electron chi connectivity index (χ0n) is 12.8. The summed E-state index contributed by atoms with van der Waals surface area (Å²) in [4.78, 5) is 16.6. The molecule has 4 nitrogen and oxygen atoms in total. The average Bonchev–Trinajstić information content (AvgIpc) is 2.55. The Bertz CT molecular complexity index is 674. The van der Waals surface area contributed by atoms with Gasteiger partial charge in [-0.25, -0.2) is 4.98 Å². The Labute approximate surface area is 151 Å². The van der Waals surface area contributed by atoms with E-state index in [0.29, 0.717) is 18.2 Å².